The normalized spacial score (nSPS) is 23.3. The highest BCUT2D eigenvalue weighted by molar-refractivity contribution is 5.76. The van der Waals surface area contributed by atoms with Crippen LogP contribution in [0.3, 0.4) is 0 Å². The summed E-state index contributed by atoms with van der Waals surface area (Å²) >= 11 is 0. The van der Waals surface area contributed by atoms with Crippen molar-refractivity contribution in [2.24, 2.45) is 5.92 Å². The monoisotopic (exact) mass is 304 g/mol. The second-order valence-corrected chi connectivity index (χ2v) is 5.99. The average molecular weight is 304 g/mol. The predicted octanol–water partition coefficient (Wildman–Crippen LogP) is 1.67. The molecule has 1 amide bonds. The van der Waals surface area contributed by atoms with Gasteiger partial charge in [-0.25, -0.2) is 0 Å². The smallest absolute Gasteiger partial charge is 0.223 e. The summed E-state index contributed by atoms with van der Waals surface area (Å²) in [6.07, 6.45) is 1.63. The van der Waals surface area contributed by atoms with E-state index in [1.54, 1.807) is 0 Å². The molecule has 2 heterocycles. The van der Waals surface area contributed by atoms with Gasteiger partial charge in [-0.15, -0.1) is 0 Å². The van der Waals surface area contributed by atoms with Crippen molar-refractivity contribution in [3.8, 4) is 11.5 Å². The van der Waals surface area contributed by atoms with Gasteiger partial charge in [0.15, 0.2) is 17.6 Å². The highest BCUT2D eigenvalue weighted by Gasteiger charge is 2.26. The fourth-order valence-electron chi connectivity index (χ4n) is 3.07. The van der Waals surface area contributed by atoms with E-state index in [2.05, 4.69) is 5.32 Å². The average Bonchev–Trinajstić information content (AvgIpc) is 3.05. The summed E-state index contributed by atoms with van der Waals surface area (Å²) in [7, 11) is 0. The number of nitrogens with one attached hydrogen (secondary N) is 1. The molecule has 0 spiro atoms. The van der Waals surface area contributed by atoms with Gasteiger partial charge >= 0.3 is 0 Å². The van der Waals surface area contributed by atoms with Crippen LogP contribution in [0.4, 0.5) is 0 Å². The summed E-state index contributed by atoms with van der Waals surface area (Å²) in [4.78, 5) is 14.3. The van der Waals surface area contributed by atoms with Crippen LogP contribution >= 0.6 is 0 Å². The lowest BCUT2D eigenvalue weighted by Gasteiger charge is -2.31. The van der Waals surface area contributed by atoms with Crippen LogP contribution in [0.15, 0.2) is 24.3 Å². The lowest BCUT2D eigenvalue weighted by molar-refractivity contribution is -0.133. The van der Waals surface area contributed by atoms with E-state index in [9.17, 15) is 4.79 Å². The first-order valence-corrected chi connectivity index (χ1v) is 8.13. The molecule has 2 unspecified atom stereocenters. The van der Waals surface area contributed by atoms with Crippen molar-refractivity contribution in [1.29, 1.82) is 0 Å². The van der Waals surface area contributed by atoms with Gasteiger partial charge in [0.1, 0.15) is 6.61 Å². The van der Waals surface area contributed by atoms with Gasteiger partial charge < -0.3 is 19.7 Å². The Hall–Kier alpha value is -1.75. The third kappa shape index (κ3) is 3.53. The van der Waals surface area contributed by atoms with Gasteiger partial charge in [-0.3, -0.25) is 4.79 Å². The minimum atomic E-state index is -0.0968. The van der Waals surface area contributed by atoms with Gasteiger partial charge in [0.25, 0.3) is 0 Å². The molecule has 1 aromatic rings. The zero-order valence-corrected chi connectivity index (χ0v) is 13.1. The number of nitrogens with zero attached hydrogens (tertiary/aromatic N) is 1. The van der Waals surface area contributed by atoms with Crippen LogP contribution in [0.2, 0.25) is 0 Å². The van der Waals surface area contributed by atoms with Crippen LogP contribution in [-0.2, 0) is 4.79 Å². The zero-order chi connectivity index (χ0) is 15.4. The van der Waals surface area contributed by atoms with Gasteiger partial charge in [-0.2, -0.15) is 0 Å². The Labute approximate surface area is 131 Å². The number of likely N-dealkylation sites (N-methyl/N-ethyl adjacent to an activating group) is 1. The zero-order valence-electron chi connectivity index (χ0n) is 13.1. The molecule has 22 heavy (non-hydrogen) atoms. The molecule has 1 N–H and O–H groups in total. The van der Waals surface area contributed by atoms with Crippen molar-refractivity contribution < 1.29 is 14.3 Å². The first kappa shape index (κ1) is 15.2. The lowest BCUT2D eigenvalue weighted by Crippen LogP contribution is -2.44. The molecule has 5 nitrogen and oxygen atoms in total. The van der Waals surface area contributed by atoms with E-state index in [0.29, 0.717) is 32.0 Å². The van der Waals surface area contributed by atoms with Crippen molar-refractivity contribution in [1.82, 2.24) is 10.2 Å². The standard InChI is InChI=1S/C17H24N2O3/c1-2-19(17(20)9-13-7-8-18-10-13)11-14-12-21-15-5-3-4-6-16(15)22-14/h3-6,13-14,18H,2,7-12H2,1H3. The van der Waals surface area contributed by atoms with E-state index in [0.717, 1.165) is 31.0 Å². The number of para-hydroxylation sites is 2. The number of benzene rings is 1. The maximum atomic E-state index is 12.5. The largest absolute Gasteiger partial charge is 0.486 e. The second-order valence-electron chi connectivity index (χ2n) is 5.99. The Morgan fingerprint density at radius 1 is 1.36 bits per heavy atom. The molecular formula is C17H24N2O3. The van der Waals surface area contributed by atoms with Gasteiger partial charge in [0.2, 0.25) is 5.91 Å². The number of fused-ring (bicyclic) bond motifs is 1. The van der Waals surface area contributed by atoms with Gasteiger partial charge in [-0.05, 0) is 44.5 Å². The first-order valence-electron chi connectivity index (χ1n) is 8.13. The SMILES string of the molecule is CCN(CC1COc2ccccc2O1)C(=O)CC1CCNC1. The Kier molecular flexibility index (Phi) is 4.83. The highest BCUT2D eigenvalue weighted by Crippen LogP contribution is 2.31. The summed E-state index contributed by atoms with van der Waals surface area (Å²) in [5.41, 5.74) is 0. The lowest BCUT2D eigenvalue weighted by atomic mass is 10.0. The second kappa shape index (κ2) is 7.01. The summed E-state index contributed by atoms with van der Waals surface area (Å²) in [6, 6.07) is 7.67. The molecule has 0 saturated carbocycles. The van der Waals surface area contributed by atoms with E-state index in [1.807, 2.05) is 36.1 Å². The van der Waals surface area contributed by atoms with Gasteiger partial charge in [0, 0.05) is 13.0 Å². The quantitative estimate of drug-likeness (QED) is 0.899. The molecule has 2 aliphatic rings. The van der Waals surface area contributed by atoms with Crippen molar-refractivity contribution in [2.75, 3.05) is 32.8 Å². The van der Waals surface area contributed by atoms with Gasteiger partial charge in [0.05, 0.1) is 6.54 Å². The third-order valence-electron chi connectivity index (χ3n) is 4.35. The summed E-state index contributed by atoms with van der Waals surface area (Å²) in [5, 5.41) is 3.31. The number of rotatable bonds is 5. The number of hydrogen-bond acceptors (Lipinski definition) is 4. The number of amides is 1. The predicted molar refractivity (Wildman–Crippen MR) is 84.2 cm³/mol. The molecular weight excluding hydrogens is 280 g/mol. The molecule has 0 aromatic heterocycles. The molecule has 0 radical (unpaired) electrons. The van der Waals surface area contributed by atoms with Crippen LogP contribution in [-0.4, -0.2) is 49.7 Å². The first-order chi connectivity index (χ1) is 10.8. The maximum Gasteiger partial charge on any atom is 0.223 e. The molecule has 120 valence electrons. The maximum absolute atomic E-state index is 12.5. The number of hydrogen-bond donors (Lipinski definition) is 1. The number of carbonyl (C=O) groups is 1. The highest BCUT2D eigenvalue weighted by atomic mass is 16.6. The van der Waals surface area contributed by atoms with E-state index in [1.165, 1.54) is 0 Å². The molecule has 1 fully saturated rings. The van der Waals surface area contributed by atoms with E-state index < -0.39 is 0 Å². The molecule has 5 heteroatoms. The molecule has 0 aliphatic carbocycles. The molecule has 1 aromatic carbocycles. The minimum absolute atomic E-state index is 0.0968. The topological polar surface area (TPSA) is 50.8 Å². The van der Waals surface area contributed by atoms with Crippen LogP contribution in [0.1, 0.15) is 19.8 Å². The molecule has 1 saturated heterocycles. The fourth-order valence-corrected chi connectivity index (χ4v) is 3.07. The van der Waals surface area contributed by atoms with E-state index in [-0.39, 0.29) is 12.0 Å². The van der Waals surface area contributed by atoms with Crippen molar-refractivity contribution in [3.05, 3.63) is 24.3 Å². The molecule has 2 atom stereocenters. The van der Waals surface area contributed by atoms with Gasteiger partial charge in [-0.1, -0.05) is 12.1 Å². The van der Waals surface area contributed by atoms with Crippen molar-refractivity contribution in [3.63, 3.8) is 0 Å². The number of carbonyl (C=O) groups excluding carboxylic acids is 1. The molecule has 3 rings (SSSR count). The summed E-state index contributed by atoms with van der Waals surface area (Å²) in [6.45, 7) is 5.79. The third-order valence-corrected chi connectivity index (χ3v) is 4.35. The van der Waals surface area contributed by atoms with Crippen LogP contribution in [0.5, 0.6) is 11.5 Å². The van der Waals surface area contributed by atoms with Crippen LogP contribution < -0.4 is 14.8 Å². The molecule has 0 bridgehead atoms. The fraction of sp³-hybridized carbons (Fsp3) is 0.588. The number of ether oxygens (including phenoxy) is 2. The Morgan fingerprint density at radius 2 is 2.18 bits per heavy atom. The molecule has 2 aliphatic heterocycles. The van der Waals surface area contributed by atoms with Crippen LogP contribution in [0.25, 0.3) is 0 Å². The van der Waals surface area contributed by atoms with Crippen LogP contribution in [0, 0.1) is 5.92 Å². The summed E-state index contributed by atoms with van der Waals surface area (Å²) in [5.74, 6) is 2.25. The Bertz CT molecular complexity index is 514. The summed E-state index contributed by atoms with van der Waals surface area (Å²) < 4.78 is 11.7. The minimum Gasteiger partial charge on any atom is -0.486 e. The Morgan fingerprint density at radius 3 is 2.91 bits per heavy atom. The van der Waals surface area contributed by atoms with Crippen molar-refractivity contribution in [2.45, 2.75) is 25.9 Å². The van der Waals surface area contributed by atoms with E-state index >= 15 is 0 Å². The van der Waals surface area contributed by atoms with Crippen molar-refractivity contribution >= 4 is 5.91 Å². The Balaban J connectivity index is 1.55. The van der Waals surface area contributed by atoms with E-state index in [4.69, 9.17) is 9.47 Å².